The maximum atomic E-state index is 14.2. The van der Waals surface area contributed by atoms with Crippen molar-refractivity contribution in [3.05, 3.63) is 93.1 Å². The monoisotopic (exact) mass is 622 g/mol. The van der Waals surface area contributed by atoms with Gasteiger partial charge in [-0.1, -0.05) is 17.7 Å². The highest BCUT2D eigenvalue weighted by Crippen LogP contribution is 2.33. The van der Waals surface area contributed by atoms with Crippen molar-refractivity contribution >= 4 is 44.9 Å². The third-order valence-corrected chi connectivity index (χ3v) is 6.60. The molecule has 0 saturated carbocycles. The minimum Gasteiger partial charge on any atom is -0.497 e. The second-order valence-corrected chi connectivity index (χ2v) is 9.49. The Morgan fingerprint density at radius 3 is 2.54 bits per heavy atom. The second kappa shape index (κ2) is 10.3. The van der Waals surface area contributed by atoms with E-state index >= 15 is 0 Å². The van der Waals surface area contributed by atoms with Crippen LogP contribution >= 0.6 is 27.5 Å². The van der Waals surface area contributed by atoms with Crippen LogP contribution in [-0.2, 0) is 12.7 Å². The number of benzene rings is 2. The minimum atomic E-state index is -4.78. The Morgan fingerprint density at radius 2 is 1.87 bits per heavy atom. The number of hydrogen-bond donors (Lipinski definition) is 1. The lowest BCUT2D eigenvalue weighted by molar-refractivity contribution is -0.142. The van der Waals surface area contributed by atoms with Crippen LogP contribution in [0.4, 0.5) is 23.4 Å². The quantitative estimate of drug-likeness (QED) is 0.219. The van der Waals surface area contributed by atoms with Gasteiger partial charge in [0.15, 0.2) is 22.9 Å². The lowest BCUT2D eigenvalue weighted by atomic mass is 10.1. The maximum absolute atomic E-state index is 14.2. The number of hydrogen-bond acceptors (Lipinski definition) is 5. The molecule has 0 spiro atoms. The molecule has 3 heterocycles. The van der Waals surface area contributed by atoms with Crippen LogP contribution in [-0.4, -0.2) is 37.4 Å². The van der Waals surface area contributed by atoms with Gasteiger partial charge in [-0.3, -0.25) is 9.48 Å². The van der Waals surface area contributed by atoms with Gasteiger partial charge in [-0.25, -0.2) is 13.9 Å². The van der Waals surface area contributed by atoms with Crippen molar-refractivity contribution in [1.82, 2.24) is 24.4 Å². The molecule has 0 unspecified atom stereocenters. The summed E-state index contributed by atoms with van der Waals surface area (Å²) in [6.45, 7) is -0.0264. The van der Waals surface area contributed by atoms with Gasteiger partial charge in [-0.05, 0) is 58.4 Å². The molecule has 0 bridgehead atoms. The molecule has 5 rings (SSSR count). The molecule has 3 aromatic heterocycles. The molecule has 1 N–H and O–H groups in total. The summed E-state index contributed by atoms with van der Waals surface area (Å²) in [5.74, 6) is -0.766. The predicted molar refractivity (Wildman–Crippen MR) is 138 cm³/mol. The zero-order valence-corrected chi connectivity index (χ0v) is 22.1. The number of nitrogens with zero attached hydrogens (tertiary/aromatic N) is 5. The van der Waals surface area contributed by atoms with Crippen LogP contribution in [0.2, 0.25) is 5.02 Å². The Morgan fingerprint density at radius 1 is 1.13 bits per heavy atom. The third kappa shape index (κ3) is 5.45. The van der Waals surface area contributed by atoms with Gasteiger partial charge in [0.25, 0.3) is 5.91 Å². The van der Waals surface area contributed by atoms with E-state index in [-0.39, 0.29) is 40.0 Å². The summed E-state index contributed by atoms with van der Waals surface area (Å²) in [6.07, 6.45) is -3.29. The molecule has 200 valence electrons. The molecule has 0 saturated heterocycles. The Labute approximate surface area is 231 Å². The van der Waals surface area contributed by atoms with E-state index in [4.69, 9.17) is 16.3 Å². The number of ether oxygens (including phenoxy) is 1. The van der Waals surface area contributed by atoms with Gasteiger partial charge in [0.1, 0.15) is 11.6 Å². The Hall–Kier alpha value is -3.97. The van der Waals surface area contributed by atoms with Gasteiger partial charge in [-0.2, -0.15) is 23.4 Å². The largest absolute Gasteiger partial charge is 0.497 e. The first kappa shape index (κ1) is 26.6. The predicted octanol–water partition coefficient (Wildman–Crippen LogP) is 6.48. The average molecular weight is 624 g/mol. The highest BCUT2D eigenvalue weighted by atomic mass is 79.9. The molecule has 0 radical (unpaired) electrons. The summed E-state index contributed by atoms with van der Waals surface area (Å²) in [7, 11) is 1.47. The SMILES string of the molecule is COc1ccc(-c2cc(C(F)(F)F)n3nc(C(=O)Nc4nn(Cc5c(F)cccc5Cl)cc4Br)cc3n2)cc1. The number of halogens is 6. The molecule has 0 fully saturated rings. The van der Waals surface area contributed by atoms with Crippen LogP contribution in [0.25, 0.3) is 16.9 Å². The number of rotatable bonds is 6. The fraction of sp³-hybridized carbons (Fsp3) is 0.120. The number of amides is 1. The number of carbonyl (C=O) groups excluding carboxylic acids is 1. The van der Waals surface area contributed by atoms with Crippen LogP contribution in [0.5, 0.6) is 5.75 Å². The standard InChI is InChI=1S/C25H16BrClF4N6O2/c1-39-14-7-5-13(6-8-14)19-9-21(25(29,30)31)37-22(32-19)10-20(34-37)24(38)33-23-16(26)12-36(35-23)11-15-17(27)3-2-4-18(15)28/h2-10,12H,11H2,1H3,(H,33,35,38). The third-order valence-electron chi connectivity index (χ3n) is 5.67. The summed E-state index contributed by atoms with van der Waals surface area (Å²) in [6, 6.07) is 12.6. The molecule has 5 aromatic rings. The normalized spacial score (nSPS) is 11.7. The van der Waals surface area contributed by atoms with Crippen LogP contribution in [0, 0.1) is 5.82 Å². The van der Waals surface area contributed by atoms with Crippen molar-refractivity contribution in [3.8, 4) is 17.0 Å². The first-order valence-electron chi connectivity index (χ1n) is 11.1. The Balaban J connectivity index is 1.45. The molecule has 2 aromatic carbocycles. The number of anilines is 1. The first-order valence-corrected chi connectivity index (χ1v) is 12.3. The number of aromatic nitrogens is 5. The van der Waals surface area contributed by atoms with Crippen molar-refractivity contribution in [2.24, 2.45) is 0 Å². The zero-order valence-electron chi connectivity index (χ0n) is 19.8. The molecule has 39 heavy (non-hydrogen) atoms. The van der Waals surface area contributed by atoms with Crippen LogP contribution in [0.3, 0.4) is 0 Å². The van der Waals surface area contributed by atoms with Gasteiger partial charge < -0.3 is 10.1 Å². The Bertz CT molecular complexity index is 1680. The lowest BCUT2D eigenvalue weighted by Gasteiger charge is -2.11. The summed E-state index contributed by atoms with van der Waals surface area (Å²) in [4.78, 5) is 17.2. The topological polar surface area (TPSA) is 86.3 Å². The highest BCUT2D eigenvalue weighted by Gasteiger charge is 2.35. The van der Waals surface area contributed by atoms with E-state index in [0.717, 1.165) is 12.1 Å². The fourth-order valence-corrected chi connectivity index (χ4v) is 4.41. The van der Waals surface area contributed by atoms with Crippen molar-refractivity contribution in [1.29, 1.82) is 0 Å². The molecule has 1 amide bonds. The van der Waals surface area contributed by atoms with Crippen molar-refractivity contribution in [2.75, 3.05) is 12.4 Å². The molecule has 0 aliphatic rings. The van der Waals surface area contributed by atoms with Crippen molar-refractivity contribution < 1.29 is 27.1 Å². The van der Waals surface area contributed by atoms with Crippen LogP contribution in [0.15, 0.2) is 65.3 Å². The summed E-state index contributed by atoms with van der Waals surface area (Å²) in [5, 5.41) is 10.8. The highest BCUT2D eigenvalue weighted by molar-refractivity contribution is 9.10. The molecule has 8 nitrogen and oxygen atoms in total. The maximum Gasteiger partial charge on any atom is 0.433 e. The first-order chi connectivity index (χ1) is 18.5. The number of nitrogens with one attached hydrogen (secondary N) is 1. The number of fused-ring (bicyclic) bond motifs is 1. The summed E-state index contributed by atoms with van der Waals surface area (Å²) >= 11 is 9.34. The van der Waals surface area contributed by atoms with E-state index in [9.17, 15) is 22.4 Å². The molecular formula is C25H16BrClF4N6O2. The van der Waals surface area contributed by atoms with Crippen molar-refractivity contribution in [3.63, 3.8) is 0 Å². The number of methoxy groups -OCH3 is 1. The zero-order chi connectivity index (χ0) is 27.9. The van der Waals surface area contributed by atoms with E-state index in [0.29, 0.717) is 20.3 Å². The van der Waals surface area contributed by atoms with E-state index < -0.39 is 23.6 Å². The lowest BCUT2D eigenvalue weighted by Crippen LogP contribution is -2.16. The average Bonchev–Trinajstić information content (AvgIpc) is 3.48. The number of alkyl halides is 3. The minimum absolute atomic E-state index is 0.0264. The van der Waals surface area contributed by atoms with Gasteiger partial charge in [-0.15, -0.1) is 0 Å². The molecule has 14 heteroatoms. The van der Waals surface area contributed by atoms with E-state index in [1.807, 2.05) is 0 Å². The van der Waals surface area contributed by atoms with Gasteiger partial charge in [0.2, 0.25) is 0 Å². The smallest absolute Gasteiger partial charge is 0.433 e. The second-order valence-electron chi connectivity index (χ2n) is 8.23. The van der Waals surface area contributed by atoms with Crippen LogP contribution in [0.1, 0.15) is 21.7 Å². The summed E-state index contributed by atoms with van der Waals surface area (Å²) in [5.41, 5.74) is -0.952. The van der Waals surface area contributed by atoms with Crippen molar-refractivity contribution in [2.45, 2.75) is 12.7 Å². The number of carbonyl (C=O) groups is 1. The van der Waals surface area contributed by atoms with E-state index in [2.05, 4.69) is 36.4 Å². The van der Waals surface area contributed by atoms with Gasteiger partial charge in [0.05, 0.1) is 23.8 Å². The van der Waals surface area contributed by atoms with E-state index in [1.54, 1.807) is 24.3 Å². The van der Waals surface area contributed by atoms with Gasteiger partial charge >= 0.3 is 6.18 Å². The molecule has 0 atom stereocenters. The molecule has 0 aliphatic carbocycles. The van der Waals surface area contributed by atoms with E-state index in [1.165, 1.54) is 36.2 Å². The Kier molecular flexibility index (Phi) is 7.03. The molecular weight excluding hydrogens is 608 g/mol. The van der Waals surface area contributed by atoms with Crippen LogP contribution < -0.4 is 10.1 Å². The fourth-order valence-electron chi connectivity index (χ4n) is 3.78. The summed E-state index contributed by atoms with van der Waals surface area (Å²) < 4.78 is 63.3. The van der Waals surface area contributed by atoms with Gasteiger partial charge in [0, 0.05) is 28.4 Å². The molecule has 0 aliphatic heterocycles.